The van der Waals surface area contributed by atoms with Crippen LogP contribution in [0, 0.1) is 19.3 Å². The second kappa shape index (κ2) is 41.6. The van der Waals surface area contributed by atoms with Crippen molar-refractivity contribution in [3.8, 4) is 23.0 Å². The second-order valence-corrected chi connectivity index (χ2v) is 25.1. The number of benzene rings is 2. The molecule has 2 aliphatic rings. The number of ether oxygens (including phenoxy) is 4. The number of nitrogens with one attached hydrogen (secondary N) is 1. The van der Waals surface area contributed by atoms with Crippen LogP contribution in [-0.4, -0.2) is 195 Å². The highest BCUT2D eigenvalue weighted by atomic mass is 127. The highest BCUT2D eigenvalue weighted by Gasteiger charge is 2.24. The van der Waals surface area contributed by atoms with Crippen LogP contribution in [0.4, 0.5) is 20.4 Å². The van der Waals surface area contributed by atoms with Gasteiger partial charge in [-0.3, -0.25) is 14.7 Å². The van der Waals surface area contributed by atoms with Crippen molar-refractivity contribution in [1.82, 2.24) is 59.1 Å². The summed E-state index contributed by atoms with van der Waals surface area (Å²) in [5, 5.41) is 39.0. The standard InChI is InChI=1S/C21H26FIN6O2.C20H24FIN6O3.C8H19NO.C5H13NO.C3H7Br.C2H5BrO/c1-4-5-28(12(2)3)6-7-29-17(25-18-19(24)26-21(22)27-20(18)29)9-13-8-15-16(10-14(13)23)31-11-30-15;1-11(2)27(5-6-29)3-4-28-16(24-17-18(23)25-20(21)26-19(17)28)8-12-7-14-15(9-13(12)22)31-10-30-14;1-4-5-9(6-7-10)8(2)3;1-5(2)6-3-4-7;1-2-3-4;3-1-2-4/h8,10,12H,4-7,9,11H2,1-3H3,(H2,24,26,27);7,9,11,29H,3-6,8,10H2,1-2H3,(H2,23,25,26);8,10H,4-7H2,1-3H3;5-7H,3-4H2,1-2H3;2-3H2,1H3;4H,1-2H2. The topological polar surface area (TPSA) is 279 Å². The molecule has 6 aromatic rings. The summed E-state index contributed by atoms with van der Waals surface area (Å²) in [6.07, 6.45) is 2.75. The lowest BCUT2D eigenvalue weighted by molar-refractivity contribution is 0.161. The Morgan fingerprint density at radius 2 is 0.897 bits per heavy atom. The number of alkyl halides is 2. The van der Waals surface area contributed by atoms with E-state index in [1.54, 1.807) is 0 Å². The van der Waals surface area contributed by atoms with Crippen molar-refractivity contribution in [3.63, 3.8) is 0 Å². The van der Waals surface area contributed by atoms with Gasteiger partial charge in [-0.15, -0.1) is 0 Å². The predicted molar refractivity (Wildman–Crippen MR) is 366 cm³/mol. The van der Waals surface area contributed by atoms with Crippen molar-refractivity contribution < 1.29 is 48.2 Å². The third-order valence-corrected chi connectivity index (χ3v) is 16.4. The molecule has 0 fully saturated rings. The first-order chi connectivity index (χ1) is 41.6. The SMILES string of the molecule is CC(C)N(CCO)CCn1c(Cc2cc3c(cc2I)OCO3)nc2c(N)nc(F)nc21.CC(C)NCCO.CCCBr.CCCN(CCO)C(C)C.CCCN(CCn1c(Cc2cc3c(cc2I)OCO3)nc2c(N)nc(F)nc21)C(C)C.OCCBr. The molecule has 490 valence electrons. The van der Waals surface area contributed by atoms with Gasteiger partial charge in [-0.1, -0.05) is 66.5 Å². The summed E-state index contributed by atoms with van der Waals surface area (Å²) >= 11 is 10.8. The lowest BCUT2D eigenvalue weighted by Gasteiger charge is -2.26. The van der Waals surface area contributed by atoms with E-state index in [0.717, 1.165) is 85.7 Å². The summed E-state index contributed by atoms with van der Waals surface area (Å²) in [4.78, 5) is 31.4. The van der Waals surface area contributed by atoms with Crippen LogP contribution in [0.2, 0.25) is 0 Å². The summed E-state index contributed by atoms with van der Waals surface area (Å²) in [5.74, 6) is 4.40. The molecular formula is C59H94Br2F2I2N14O8. The summed E-state index contributed by atoms with van der Waals surface area (Å²) in [6.45, 7) is 31.3. The average molecular weight is 1580 g/mol. The summed E-state index contributed by atoms with van der Waals surface area (Å²) in [6, 6.07) is 9.51. The van der Waals surface area contributed by atoms with Gasteiger partial charge in [-0.25, -0.2) is 9.97 Å². The predicted octanol–water partition coefficient (Wildman–Crippen LogP) is 9.01. The Kier molecular flexibility index (Phi) is 37.1. The number of halogens is 6. The molecule has 0 bridgehead atoms. The fourth-order valence-corrected chi connectivity index (χ4v) is 10.1. The highest BCUT2D eigenvalue weighted by molar-refractivity contribution is 14.1. The third-order valence-electron chi connectivity index (χ3n) is 13.3. The Labute approximate surface area is 556 Å². The van der Waals surface area contributed by atoms with E-state index in [-0.39, 0.29) is 57.7 Å². The number of aliphatic hydroxyl groups is 4. The zero-order valence-corrected chi connectivity index (χ0v) is 59.9. The monoisotopic (exact) mass is 1580 g/mol. The number of aliphatic hydroxyl groups excluding tert-OH is 4. The highest BCUT2D eigenvalue weighted by Crippen LogP contribution is 2.38. The number of nitrogens with two attached hydrogens (primary N) is 2. The lowest BCUT2D eigenvalue weighted by atomic mass is 10.1. The quantitative estimate of drug-likeness (QED) is 0.0151. The molecule has 2 aromatic carbocycles. The zero-order valence-electron chi connectivity index (χ0n) is 52.4. The van der Waals surface area contributed by atoms with Crippen LogP contribution < -0.4 is 35.7 Å². The van der Waals surface area contributed by atoms with Crippen molar-refractivity contribution >= 4 is 111 Å². The van der Waals surface area contributed by atoms with Crippen LogP contribution in [0.3, 0.4) is 0 Å². The summed E-state index contributed by atoms with van der Waals surface area (Å²) in [7, 11) is 0. The molecule has 0 aliphatic carbocycles. The van der Waals surface area contributed by atoms with Crippen LogP contribution in [0.15, 0.2) is 24.3 Å². The maximum atomic E-state index is 14.0. The minimum atomic E-state index is -0.883. The Hall–Kier alpha value is -3.70. The van der Waals surface area contributed by atoms with E-state index < -0.39 is 12.2 Å². The number of rotatable bonds is 26. The maximum absolute atomic E-state index is 14.0. The van der Waals surface area contributed by atoms with Crippen molar-refractivity contribution in [2.45, 2.75) is 146 Å². The van der Waals surface area contributed by atoms with Gasteiger partial charge in [-0.2, -0.15) is 28.7 Å². The molecule has 87 heavy (non-hydrogen) atoms. The van der Waals surface area contributed by atoms with Gasteiger partial charge in [0.2, 0.25) is 13.6 Å². The molecule has 2 aliphatic heterocycles. The lowest BCUT2D eigenvalue weighted by Crippen LogP contribution is -2.36. The van der Waals surface area contributed by atoms with E-state index in [1.165, 1.54) is 6.42 Å². The normalized spacial score (nSPS) is 12.2. The minimum absolute atomic E-state index is 0.0129. The summed E-state index contributed by atoms with van der Waals surface area (Å²) < 4.78 is 55.8. The molecule has 9 N–H and O–H groups in total. The molecule has 4 aromatic heterocycles. The van der Waals surface area contributed by atoms with Crippen LogP contribution >= 0.6 is 77.0 Å². The Morgan fingerprint density at radius 3 is 1.20 bits per heavy atom. The van der Waals surface area contributed by atoms with Gasteiger partial charge in [0, 0.05) is 101 Å². The van der Waals surface area contributed by atoms with Gasteiger partial charge in [0.15, 0.2) is 57.0 Å². The Bertz CT molecular complexity index is 2760. The molecule has 0 amide bonds. The first-order valence-corrected chi connectivity index (χ1v) is 34.0. The number of fused-ring (bicyclic) bond motifs is 4. The van der Waals surface area contributed by atoms with E-state index in [1.807, 2.05) is 33.4 Å². The van der Waals surface area contributed by atoms with E-state index in [9.17, 15) is 13.9 Å². The van der Waals surface area contributed by atoms with Crippen molar-refractivity contribution in [1.29, 1.82) is 0 Å². The largest absolute Gasteiger partial charge is 0.454 e. The number of imidazole rings is 2. The first kappa shape index (κ1) is 77.5. The van der Waals surface area contributed by atoms with Gasteiger partial charge >= 0.3 is 12.2 Å². The molecule has 0 unspecified atom stereocenters. The molecule has 28 heteroatoms. The van der Waals surface area contributed by atoms with Crippen LogP contribution in [-0.2, 0) is 25.9 Å². The van der Waals surface area contributed by atoms with Crippen molar-refractivity contribution in [2.75, 3.05) is 108 Å². The molecular weight excluding hydrogens is 1480 g/mol. The van der Waals surface area contributed by atoms with Gasteiger partial charge in [0.05, 0.1) is 26.4 Å². The number of hydrogen-bond acceptors (Lipinski definition) is 20. The van der Waals surface area contributed by atoms with Gasteiger partial charge in [0.25, 0.3) is 0 Å². The number of aromatic nitrogens is 8. The van der Waals surface area contributed by atoms with Crippen LogP contribution in [0.1, 0.15) is 118 Å². The number of nitrogen functional groups attached to an aromatic ring is 2. The second-order valence-electron chi connectivity index (χ2n) is 21.2. The average Bonchev–Trinajstić information content (AvgIpc) is 3.31. The van der Waals surface area contributed by atoms with Gasteiger partial charge < -0.3 is 65.3 Å². The van der Waals surface area contributed by atoms with Gasteiger partial charge in [0.1, 0.15) is 11.6 Å². The number of nitrogens with zero attached hydrogens (tertiary/aromatic N) is 11. The number of anilines is 2. The van der Waals surface area contributed by atoms with Crippen LogP contribution in [0.5, 0.6) is 23.0 Å². The maximum Gasteiger partial charge on any atom is 0.312 e. The van der Waals surface area contributed by atoms with E-state index >= 15 is 0 Å². The van der Waals surface area contributed by atoms with Crippen LogP contribution in [0.25, 0.3) is 22.3 Å². The molecule has 22 nitrogen and oxygen atoms in total. The smallest absolute Gasteiger partial charge is 0.312 e. The van der Waals surface area contributed by atoms with Crippen molar-refractivity contribution in [3.05, 3.63) is 66.3 Å². The van der Waals surface area contributed by atoms with Gasteiger partial charge in [-0.05, 0) is 154 Å². The molecule has 6 heterocycles. The molecule has 8 rings (SSSR count). The fourth-order valence-electron chi connectivity index (χ4n) is 8.87. The third kappa shape index (κ3) is 25.5. The molecule has 0 saturated heterocycles. The molecule has 0 spiro atoms. The number of hydrogen-bond donors (Lipinski definition) is 7. The molecule has 0 radical (unpaired) electrons. The van der Waals surface area contributed by atoms with E-state index in [2.05, 4.69) is 198 Å². The van der Waals surface area contributed by atoms with Crippen molar-refractivity contribution in [2.24, 2.45) is 0 Å². The zero-order chi connectivity index (χ0) is 64.8. The molecule has 0 saturated carbocycles. The first-order valence-electron chi connectivity index (χ1n) is 29.6. The fraction of sp³-hybridized carbons (Fsp3) is 0.627. The molecule has 0 atom stereocenters. The van der Waals surface area contributed by atoms with E-state index in [4.69, 9.17) is 50.7 Å². The Morgan fingerprint density at radius 1 is 0.540 bits per heavy atom. The van der Waals surface area contributed by atoms with E-state index in [0.29, 0.717) is 103 Å². The minimum Gasteiger partial charge on any atom is -0.454 e. The Balaban J connectivity index is 0.000000329. The summed E-state index contributed by atoms with van der Waals surface area (Å²) in [5.41, 5.74) is 15.6.